The number of nitrogens with one attached hydrogen (secondary N) is 2. The summed E-state index contributed by atoms with van der Waals surface area (Å²) in [5, 5.41) is 5.69. The molecule has 1 aromatic carbocycles. The Hall–Kier alpha value is -1.61. The van der Waals surface area contributed by atoms with E-state index in [1.54, 1.807) is 6.08 Å². The highest BCUT2D eigenvalue weighted by Gasteiger charge is 1.99. The average molecular weight is 190 g/mol. The monoisotopic (exact) mass is 190 g/mol. The molecule has 1 rings (SSSR count). The molecule has 0 spiro atoms. The molecule has 0 aliphatic rings. The third kappa shape index (κ3) is 3.87. The van der Waals surface area contributed by atoms with Crippen LogP contribution < -0.4 is 10.6 Å². The van der Waals surface area contributed by atoms with Crippen LogP contribution in [0.15, 0.2) is 43.0 Å². The molecule has 0 fully saturated rings. The Bertz CT molecular complexity index is 295. The molecule has 0 bridgehead atoms. The number of anilines is 1. The topological polar surface area (TPSA) is 41.1 Å². The molecule has 0 saturated heterocycles. The molecule has 0 heterocycles. The predicted molar refractivity (Wildman–Crippen MR) is 58.1 cm³/mol. The van der Waals surface area contributed by atoms with E-state index in [-0.39, 0.29) is 5.91 Å². The quantitative estimate of drug-likeness (QED) is 0.544. The highest BCUT2D eigenvalue weighted by Crippen LogP contribution is 2.03. The molecule has 0 aromatic heterocycles. The third-order valence-electron chi connectivity index (χ3n) is 1.63. The highest BCUT2D eigenvalue weighted by molar-refractivity contribution is 5.92. The zero-order valence-electron chi connectivity index (χ0n) is 7.99. The van der Waals surface area contributed by atoms with Crippen molar-refractivity contribution in [3.8, 4) is 0 Å². The number of rotatable bonds is 5. The van der Waals surface area contributed by atoms with Crippen molar-refractivity contribution in [3.05, 3.63) is 43.0 Å². The molecular weight excluding hydrogens is 176 g/mol. The van der Waals surface area contributed by atoms with Gasteiger partial charge in [-0.15, -0.1) is 6.58 Å². The van der Waals surface area contributed by atoms with Crippen molar-refractivity contribution in [1.82, 2.24) is 5.32 Å². The summed E-state index contributed by atoms with van der Waals surface area (Å²) in [7, 11) is 0. The summed E-state index contributed by atoms with van der Waals surface area (Å²) < 4.78 is 0. The van der Waals surface area contributed by atoms with Crippen LogP contribution in [-0.4, -0.2) is 19.0 Å². The molecular formula is C11H14N2O. The zero-order valence-corrected chi connectivity index (χ0v) is 7.99. The van der Waals surface area contributed by atoms with Gasteiger partial charge in [-0.1, -0.05) is 24.3 Å². The van der Waals surface area contributed by atoms with Gasteiger partial charge in [0.05, 0.1) is 6.54 Å². The van der Waals surface area contributed by atoms with Crippen LogP contribution >= 0.6 is 0 Å². The van der Waals surface area contributed by atoms with Crippen molar-refractivity contribution in [1.29, 1.82) is 0 Å². The van der Waals surface area contributed by atoms with Gasteiger partial charge in [0.2, 0.25) is 5.91 Å². The van der Waals surface area contributed by atoms with Crippen molar-refractivity contribution in [2.45, 2.75) is 0 Å². The van der Waals surface area contributed by atoms with E-state index in [2.05, 4.69) is 17.2 Å². The van der Waals surface area contributed by atoms with Crippen LogP contribution in [0.25, 0.3) is 0 Å². The van der Waals surface area contributed by atoms with E-state index in [1.165, 1.54) is 0 Å². The van der Waals surface area contributed by atoms with Crippen LogP contribution in [0.2, 0.25) is 0 Å². The number of carbonyl (C=O) groups excluding carboxylic acids is 1. The van der Waals surface area contributed by atoms with Crippen molar-refractivity contribution in [2.75, 3.05) is 18.4 Å². The Morgan fingerprint density at radius 2 is 2.07 bits per heavy atom. The largest absolute Gasteiger partial charge is 0.325 e. The first-order chi connectivity index (χ1) is 6.83. The van der Waals surface area contributed by atoms with E-state index in [0.29, 0.717) is 13.1 Å². The molecule has 3 nitrogen and oxygen atoms in total. The standard InChI is InChI=1S/C11H14N2O/c1-2-8-12-9-11(14)13-10-6-4-3-5-7-10/h2-7,12H,1,8-9H2,(H,13,14). The second kappa shape index (κ2) is 5.94. The van der Waals surface area contributed by atoms with E-state index in [0.717, 1.165) is 5.69 Å². The molecule has 0 unspecified atom stereocenters. The van der Waals surface area contributed by atoms with E-state index >= 15 is 0 Å². The van der Waals surface area contributed by atoms with E-state index in [1.807, 2.05) is 30.3 Å². The maximum Gasteiger partial charge on any atom is 0.238 e. The van der Waals surface area contributed by atoms with Gasteiger partial charge in [0.1, 0.15) is 0 Å². The minimum atomic E-state index is -0.0435. The van der Waals surface area contributed by atoms with Gasteiger partial charge < -0.3 is 10.6 Å². The van der Waals surface area contributed by atoms with E-state index in [9.17, 15) is 4.79 Å². The molecule has 1 amide bonds. The Labute approximate surface area is 83.8 Å². The lowest BCUT2D eigenvalue weighted by Crippen LogP contribution is -2.27. The lowest BCUT2D eigenvalue weighted by molar-refractivity contribution is -0.115. The average Bonchev–Trinajstić information content (AvgIpc) is 2.20. The van der Waals surface area contributed by atoms with Crippen LogP contribution in [0.4, 0.5) is 5.69 Å². The number of hydrogen-bond acceptors (Lipinski definition) is 2. The maximum atomic E-state index is 11.3. The summed E-state index contributed by atoms with van der Waals surface area (Å²) >= 11 is 0. The zero-order chi connectivity index (χ0) is 10.2. The summed E-state index contributed by atoms with van der Waals surface area (Å²) in [6.07, 6.45) is 1.72. The van der Waals surface area contributed by atoms with Gasteiger partial charge >= 0.3 is 0 Å². The first-order valence-electron chi connectivity index (χ1n) is 4.49. The fraction of sp³-hybridized carbons (Fsp3) is 0.182. The van der Waals surface area contributed by atoms with Crippen LogP contribution in [0.5, 0.6) is 0 Å². The Morgan fingerprint density at radius 1 is 1.36 bits per heavy atom. The van der Waals surface area contributed by atoms with Crippen LogP contribution in [0.3, 0.4) is 0 Å². The minimum absolute atomic E-state index is 0.0435. The van der Waals surface area contributed by atoms with E-state index < -0.39 is 0 Å². The van der Waals surface area contributed by atoms with Crippen molar-refractivity contribution < 1.29 is 4.79 Å². The van der Waals surface area contributed by atoms with Crippen LogP contribution in [0, 0.1) is 0 Å². The molecule has 0 saturated carbocycles. The first kappa shape index (κ1) is 10.5. The lowest BCUT2D eigenvalue weighted by atomic mass is 10.3. The van der Waals surface area contributed by atoms with Crippen molar-refractivity contribution in [3.63, 3.8) is 0 Å². The smallest absolute Gasteiger partial charge is 0.238 e. The van der Waals surface area contributed by atoms with Gasteiger partial charge in [-0.25, -0.2) is 0 Å². The molecule has 74 valence electrons. The minimum Gasteiger partial charge on any atom is -0.325 e. The molecule has 0 atom stereocenters. The van der Waals surface area contributed by atoms with Gasteiger partial charge in [-0.3, -0.25) is 4.79 Å². The summed E-state index contributed by atoms with van der Waals surface area (Å²) in [5.74, 6) is -0.0435. The molecule has 3 heteroatoms. The fourth-order valence-electron chi connectivity index (χ4n) is 1.01. The Morgan fingerprint density at radius 3 is 2.71 bits per heavy atom. The van der Waals surface area contributed by atoms with Gasteiger partial charge in [0.15, 0.2) is 0 Å². The van der Waals surface area contributed by atoms with Gasteiger partial charge in [0, 0.05) is 12.2 Å². The molecule has 2 N–H and O–H groups in total. The number of hydrogen-bond donors (Lipinski definition) is 2. The second-order valence-corrected chi connectivity index (χ2v) is 2.83. The summed E-state index contributed by atoms with van der Waals surface area (Å²) in [4.78, 5) is 11.3. The molecule has 1 aromatic rings. The van der Waals surface area contributed by atoms with Gasteiger partial charge in [-0.05, 0) is 12.1 Å². The van der Waals surface area contributed by atoms with E-state index in [4.69, 9.17) is 0 Å². The lowest BCUT2D eigenvalue weighted by Gasteiger charge is -2.04. The SMILES string of the molecule is C=CCNCC(=O)Nc1ccccc1. The number of carbonyl (C=O) groups is 1. The molecule has 0 radical (unpaired) electrons. The summed E-state index contributed by atoms with van der Waals surface area (Å²) in [6.45, 7) is 4.49. The Balaban J connectivity index is 2.31. The van der Waals surface area contributed by atoms with Crippen LogP contribution in [-0.2, 0) is 4.79 Å². The predicted octanol–water partition coefficient (Wildman–Crippen LogP) is 1.40. The molecule has 14 heavy (non-hydrogen) atoms. The van der Waals surface area contributed by atoms with Gasteiger partial charge in [-0.2, -0.15) is 0 Å². The number of benzene rings is 1. The maximum absolute atomic E-state index is 11.3. The van der Waals surface area contributed by atoms with Crippen molar-refractivity contribution >= 4 is 11.6 Å². The van der Waals surface area contributed by atoms with Crippen molar-refractivity contribution in [2.24, 2.45) is 0 Å². The fourth-order valence-corrected chi connectivity index (χ4v) is 1.01. The summed E-state index contributed by atoms with van der Waals surface area (Å²) in [6, 6.07) is 9.38. The normalized spacial score (nSPS) is 9.43. The van der Waals surface area contributed by atoms with Crippen LogP contribution in [0.1, 0.15) is 0 Å². The Kier molecular flexibility index (Phi) is 4.44. The van der Waals surface area contributed by atoms with Gasteiger partial charge in [0.25, 0.3) is 0 Å². The third-order valence-corrected chi connectivity index (χ3v) is 1.63. The highest BCUT2D eigenvalue weighted by atomic mass is 16.1. The number of amides is 1. The molecule has 0 aliphatic heterocycles. The molecule has 0 aliphatic carbocycles. The second-order valence-electron chi connectivity index (χ2n) is 2.83. The summed E-state index contributed by atoms with van der Waals surface area (Å²) in [5.41, 5.74) is 0.818. The first-order valence-corrected chi connectivity index (χ1v) is 4.49. The number of para-hydroxylation sites is 1.